The van der Waals surface area contributed by atoms with Crippen molar-refractivity contribution in [3.05, 3.63) is 46.5 Å². The van der Waals surface area contributed by atoms with Crippen molar-refractivity contribution in [1.29, 1.82) is 0 Å². The molecule has 0 unspecified atom stereocenters. The summed E-state index contributed by atoms with van der Waals surface area (Å²) in [4.78, 5) is 47.2. The third kappa shape index (κ3) is 3.71. The number of carbonyl (C=O) groups excluding carboxylic acids is 4. The quantitative estimate of drug-likeness (QED) is 0.310. The van der Waals surface area contributed by atoms with Crippen molar-refractivity contribution < 1.29 is 19.2 Å². The molecule has 2 aliphatic heterocycles. The minimum absolute atomic E-state index is 0.0392. The number of carbonyl (C=O) groups is 4. The Bertz CT molecular complexity index is 827. The van der Waals surface area contributed by atoms with Gasteiger partial charge in [0, 0.05) is 0 Å². The molecule has 1 aromatic rings. The third-order valence-corrected chi connectivity index (χ3v) is 3.85. The van der Waals surface area contributed by atoms with Crippen LogP contribution in [0.5, 0.6) is 0 Å². The smallest absolute Gasteiger partial charge is 0.263 e. The van der Waals surface area contributed by atoms with Crippen molar-refractivity contribution in [2.45, 2.75) is 0 Å². The van der Waals surface area contributed by atoms with Gasteiger partial charge in [-0.05, 0) is 47.7 Å². The first-order chi connectivity index (χ1) is 12.3. The van der Waals surface area contributed by atoms with Gasteiger partial charge in [0.1, 0.15) is 11.1 Å². The van der Waals surface area contributed by atoms with Crippen LogP contribution in [0.3, 0.4) is 0 Å². The fraction of sp³-hybridized carbons (Fsp3) is 0. The zero-order chi connectivity index (χ0) is 18.8. The third-order valence-electron chi connectivity index (χ3n) is 3.45. The molecule has 10 heteroatoms. The van der Waals surface area contributed by atoms with Gasteiger partial charge in [0.05, 0.1) is 0 Å². The van der Waals surface area contributed by atoms with Crippen LogP contribution < -0.4 is 21.3 Å². The summed E-state index contributed by atoms with van der Waals surface area (Å²) in [5.74, 6) is -2.35. The molecule has 2 heterocycles. The predicted molar refractivity (Wildman–Crippen MR) is 100 cm³/mol. The van der Waals surface area contributed by atoms with Crippen LogP contribution in [0, 0.1) is 0 Å². The Hall–Kier alpha value is -3.24. The van der Waals surface area contributed by atoms with E-state index in [1.807, 2.05) is 0 Å². The number of amides is 4. The van der Waals surface area contributed by atoms with E-state index >= 15 is 0 Å². The van der Waals surface area contributed by atoms with E-state index in [1.165, 1.54) is 12.2 Å². The van der Waals surface area contributed by atoms with Gasteiger partial charge in [-0.1, -0.05) is 24.3 Å². The molecule has 0 spiro atoms. The maximum absolute atomic E-state index is 11.8. The largest absolute Gasteiger partial charge is 0.299 e. The summed E-state index contributed by atoms with van der Waals surface area (Å²) in [6, 6.07) is 6.54. The van der Waals surface area contributed by atoms with E-state index in [-0.39, 0.29) is 21.4 Å². The fourth-order valence-corrected chi connectivity index (χ4v) is 2.61. The van der Waals surface area contributed by atoms with Gasteiger partial charge in [0.15, 0.2) is 10.2 Å². The Morgan fingerprint density at radius 2 is 0.846 bits per heavy atom. The Morgan fingerprint density at radius 1 is 0.577 bits per heavy atom. The van der Waals surface area contributed by atoms with Gasteiger partial charge < -0.3 is 0 Å². The van der Waals surface area contributed by atoms with E-state index in [2.05, 4.69) is 21.3 Å². The van der Waals surface area contributed by atoms with E-state index in [1.54, 1.807) is 24.3 Å². The Balaban J connectivity index is 1.83. The maximum Gasteiger partial charge on any atom is 0.263 e. The van der Waals surface area contributed by atoms with Crippen LogP contribution in [0.25, 0.3) is 12.2 Å². The number of nitrogens with one attached hydrogen (secondary N) is 4. The molecule has 2 aliphatic rings. The zero-order valence-electron chi connectivity index (χ0n) is 12.9. The second-order valence-electron chi connectivity index (χ2n) is 5.26. The molecule has 130 valence electrons. The average molecular weight is 386 g/mol. The summed E-state index contributed by atoms with van der Waals surface area (Å²) in [6.07, 6.45) is 2.81. The van der Waals surface area contributed by atoms with E-state index in [0.717, 1.165) is 0 Å². The van der Waals surface area contributed by atoms with Crippen LogP contribution >= 0.6 is 24.4 Å². The van der Waals surface area contributed by atoms with Gasteiger partial charge in [0.2, 0.25) is 0 Å². The van der Waals surface area contributed by atoms with Crippen LogP contribution in [-0.2, 0) is 19.2 Å². The van der Waals surface area contributed by atoms with Crippen molar-refractivity contribution in [1.82, 2.24) is 21.3 Å². The summed E-state index contributed by atoms with van der Waals surface area (Å²) in [5, 5.41) is 9.29. The molecule has 2 fully saturated rings. The molecule has 0 radical (unpaired) electrons. The first-order valence-corrected chi connectivity index (χ1v) is 8.02. The second-order valence-corrected chi connectivity index (χ2v) is 6.07. The molecule has 0 atom stereocenters. The monoisotopic (exact) mass is 386 g/mol. The first kappa shape index (κ1) is 17.6. The Kier molecular flexibility index (Phi) is 4.69. The molecule has 0 aliphatic carbocycles. The van der Waals surface area contributed by atoms with E-state index in [0.29, 0.717) is 11.1 Å². The summed E-state index contributed by atoms with van der Waals surface area (Å²) in [5.41, 5.74) is 1.01. The van der Waals surface area contributed by atoms with Crippen molar-refractivity contribution in [3.63, 3.8) is 0 Å². The van der Waals surface area contributed by atoms with Crippen LogP contribution in [0.2, 0.25) is 0 Å². The van der Waals surface area contributed by atoms with Gasteiger partial charge in [-0.25, -0.2) is 0 Å². The summed E-state index contributed by atoms with van der Waals surface area (Å²) >= 11 is 9.46. The number of hydrogen-bond donors (Lipinski definition) is 4. The summed E-state index contributed by atoms with van der Waals surface area (Å²) in [7, 11) is 0. The maximum atomic E-state index is 11.8. The van der Waals surface area contributed by atoms with Gasteiger partial charge in [-0.2, -0.15) is 0 Å². The molecule has 2 saturated heterocycles. The molecule has 1 aromatic carbocycles. The molecular formula is C16H10N4O4S2. The zero-order valence-corrected chi connectivity index (χ0v) is 14.5. The predicted octanol–water partition coefficient (Wildman–Crippen LogP) is -0.485. The minimum Gasteiger partial charge on any atom is -0.299 e. The molecule has 0 aromatic heterocycles. The molecular weight excluding hydrogens is 376 g/mol. The standard InChI is InChI=1S/C16H10N4O4S2/c21-11-9(12(22)18-15(25)17-11)5-7-1-2-8(4-3-7)6-10-13(23)19-16(26)20-14(10)24/h1-6H,(H2,17,18,21,22,25)(H2,19,20,23,24,26). The van der Waals surface area contributed by atoms with Gasteiger partial charge in [0.25, 0.3) is 23.6 Å². The van der Waals surface area contributed by atoms with Crippen molar-refractivity contribution in [3.8, 4) is 0 Å². The highest BCUT2D eigenvalue weighted by molar-refractivity contribution is 7.80. The average Bonchev–Trinajstić information content (AvgIpc) is 2.55. The highest BCUT2D eigenvalue weighted by Gasteiger charge is 2.26. The number of hydrogen-bond acceptors (Lipinski definition) is 6. The molecule has 8 nitrogen and oxygen atoms in total. The highest BCUT2D eigenvalue weighted by Crippen LogP contribution is 2.14. The second kappa shape index (κ2) is 6.94. The molecule has 4 N–H and O–H groups in total. The van der Waals surface area contributed by atoms with Gasteiger partial charge >= 0.3 is 0 Å². The summed E-state index contributed by atoms with van der Waals surface area (Å²) in [6.45, 7) is 0. The highest BCUT2D eigenvalue weighted by atomic mass is 32.1. The van der Waals surface area contributed by atoms with E-state index < -0.39 is 23.6 Å². The van der Waals surface area contributed by atoms with E-state index in [4.69, 9.17) is 24.4 Å². The van der Waals surface area contributed by atoms with Gasteiger partial charge in [-0.3, -0.25) is 40.4 Å². The minimum atomic E-state index is -0.587. The lowest BCUT2D eigenvalue weighted by Gasteiger charge is -2.16. The van der Waals surface area contributed by atoms with Crippen LogP contribution in [0.4, 0.5) is 0 Å². The van der Waals surface area contributed by atoms with Gasteiger partial charge in [-0.15, -0.1) is 0 Å². The molecule has 26 heavy (non-hydrogen) atoms. The van der Waals surface area contributed by atoms with Crippen LogP contribution in [0.1, 0.15) is 11.1 Å². The summed E-state index contributed by atoms with van der Waals surface area (Å²) < 4.78 is 0. The fourth-order valence-electron chi connectivity index (χ4n) is 2.23. The number of rotatable bonds is 2. The molecule has 0 saturated carbocycles. The number of thiocarbonyl (C=S) groups is 2. The topological polar surface area (TPSA) is 116 Å². The van der Waals surface area contributed by atoms with Crippen LogP contribution in [0.15, 0.2) is 35.4 Å². The molecule has 4 amide bonds. The Morgan fingerprint density at radius 3 is 1.12 bits per heavy atom. The first-order valence-electron chi connectivity index (χ1n) is 7.20. The van der Waals surface area contributed by atoms with Crippen molar-refractivity contribution in [2.24, 2.45) is 0 Å². The van der Waals surface area contributed by atoms with Crippen molar-refractivity contribution in [2.75, 3.05) is 0 Å². The molecule has 3 rings (SSSR count). The lowest BCUT2D eigenvalue weighted by Crippen LogP contribution is -2.51. The molecule has 0 bridgehead atoms. The van der Waals surface area contributed by atoms with Crippen LogP contribution in [-0.4, -0.2) is 33.9 Å². The number of benzene rings is 1. The Labute approximate surface area is 157 Å². The van der Waals surface area contributed by atoms with E-state index in [9.17, 15) is 19.2 Å². The lowest BCUT2D eigenvalue weighted by atomic mass is 10.0. The normalized spacial score (nSPS) is 17.2. The van der Waals surface area contributed by atoms with Crippen molar-refractivity contribution >= 4 is 70.4 Å². The lowest BCUT2D eigenvalue weighted by molar-refractivity contribution is -0.124. The SMILES string of the molecule is O=C1NC(=S)NC(=O)C1=Cc1ccc(C=C2C(=O)NC(=S)NC2=O)cc1.